The number of para-hydroxylation sites is 1. The van der Waals surface area contributed by atoms with Crippen molar-refractivity contribution >= 4 is 11.5 Å². The van der Waals surface area contributed by atoms with Crippen LogP contribution in [0.4, 0.5) is 14.5 Å². The molecule has 1 aliphatic heterocycles. The number of fused-ring (bicyclic) bond motifs is 1. The second-order valence-electron chi connectivity index (χ2n) is 7.20. The number of hydrogen-bond acceptors (Lipinski definition) is 1. The molecule has 0 radical (unpaired) electrons. The Balaban J connectivity index is 1.67. The van der Waals surface area contributed by atoms with E-state index in [-0.39, 0.29) is 12.0 Å². The van der Waals surface area contributed by atoms with Crippen LogP contribution in [0.3, 0.4) is 0 Å². The van der Waals surface area contributed by atoms with Crippen molar-refractivity contribution in [2.75, 3.05) is 5.32 Å². The molecular formula is C21H22F2N2. The van der Waals surface area contributed by atoms with Gasteiger partial charge in [-0.25, -0.2) is 8.78 Å². The summed E-state index contributed by atoms with van der Waals surface area (Å²) in [5.74, 6) is -0.116. The zero-order chi connectivity index (χ0) is 17.3. The van der Waals surface area contributed by atoms with Gasteiger partial charge in [-0.2, -0.15) is 0 Å². The first-order chi connectivity index (χ1) is 12.2. The van der Waals surface area contributed by atoms with Gasteiger partial charge in [-0.05, 0) is 37.0 Å². The van der Waals surface area contributed by atoms with Crippen LogP contribution >= 0.6 is 0 Å². The molecule has 1 N–H and O–H groups in total. The first kappa shape index (κ1) is 16.2. The van der Waals surface area contributed by atoms with E-state index in [0.29, 0.717) is 5.56 Å². The van der Waals surface area contributed by atoms with Crippen LogP contribution < -0.4 is 5.32 Å². The molecule has 1 spiro atoms. The maximum absolute atomic E-state index is 13.9. The van der Waals surface area contributed by atoms with E-state index in [1.54, 1.807) is 0 Å². The summed E-state index contributed by atoms with van der Waals surface area (Å²) in [7, 11) is 0. The monoisotopic (exact) mass is 340 g/mol. The highest BCUT2D eigenvalue weighted by atomic mass is 19.1. The van der Waals surface area contributed by atoms with E-state index in [2.05, 4.69) is 23.5 Å². The fourth-order valence-corrected chi connectivity index (χ4v) is 4.17. The molecule has 0 amide bonds. The molecule has 2 nitrogen and oxygen atoms in total. The largest absolute Gasteiger partial charge is 0.343 e. The molecule has 0 unspecified atom stereocenters. The molecule has 4 heteroatoms. The summed E-state index contributed by atoms with van der Waals surface area (Å²) < 4.78 is 27.1. The van der Waals surface area contributed by atoms with Crippen molar-refractivity contribution in [1.29, 1.82) is 0 Å². The van der Waals surface area contributed by atoms with Crippen LogP contribution in [-0.4, -0.2) is 5.84 Å². The predicted molar refractivity (Wildman–Crippen MR) is 96.8 cm³/mol. The van der Waals surface area contributed by atoms with Crippen LogP contribution in [-0.2, 0) is 13.0 Å². The van der Waals surface area contributed by atoms with Gasteiger partial charge in [0.05, 0.1) is 6.54 Å². The third-order valence-corrected chi connectivity index (χ3v) is 5.53. The van der Waals surface area contributed by atoms with Gasteiger partial charge >= 0.3 is 0 Å². The van der Waals surface area contributed by atoms with E-state index in [9.17, 15) is 8.78 Å². The number of nitrogens with zero attached hydrogens (tertiary/aromatic N) is 1. The number of benzene rings is 2. The Morgan fingerprint density at radius 3 is 2.60 bits per heavy atom. The highest BCUT2D eigenvalue weighted by molar-refractivity contribution is 6.02. The zero-order valence-corrected chi connectivity index (χ0v) is 14.2. The van der Waals surface area contributed by atoms with Crippen molar-refractivity contribution in [3.63, 3.8) is 0 Å². The van der Waals surface area contributed by atoms with Gasteiger partial charge in [-0.3, -0.25) is 4.99 Å². The van der Waals surface area contributed by atoms with Crippen molar-refractivity contribution < 1.29 is 8.78 Å². The van der Waals surface area contributed by atoms with Crippen molar-refractivity contribution in [3.05, 3.63) is 65.2 Å². The van der Waals surface area contributed by atoms with Gasteiger partial charge in [0.1, 0.15) is 17.5 Å². The molecule has 1 heterocycles. The predicted octanol–water partition coefficient (Wildman–Crippen LogP) is 5.48. The molecule has 1 fully saturated rings. The molecule has 2 aliphatic rings. The maximum Gasteiger partial charge on any atom is 0.131 e. The van der Waals surface area contributed by atoms with Gasteiger partial charge < -0.3 is 5.32 Å². The van der Waals surface area contributed by atoms with Gasteiger partial charge in [0.2, 0.25) is 0 Å². The second kappa shape index (κ2) is 6.58. The Morgan fingerprint density at radius 1 is 1.00 bits per heavy atom. The lowest BCUT2D eigenvalue weighted by molar-refractivity contribution is 0.278. The first-order valence-electron chi connectivity index (χ1n) is 9.00. The number of aliphatic imine (C=N–C) groups is 1. The van der Waals surface area contributed by atoms with Crippen LogP contribution in [0.5, 0.6) is 0 Å². The summed E-state index contributed by atoms with van der Waals surface area (Å²) in [4.78, 5) is 4.76. The molecular weight excluding hydrogens is 318 g/mol. The number of hydrogen-bond donors (Lipinski definition) is 1. The van der Waals surface area contributed by atoms with E-state index in [1.807, 2.05) is 6.07 Å². The Bertz CT molecular complexity index is 807. The quantitative estimate of drug-likeness (QED) is 0.769. The van der Waals surface area contributed by atoms with Gasteiger partial charge in [-0.1, -0.05) is 43.5 Å². The average Bonchev–Trinajstić information content (AvgIpc) is 2.62. The molecule has 0 saturated heterocycles. The van der Waals surface area contributed by atoms with E-state index < -0.39 is 11.6 Å². The summed E-state index contributed by atoms with van der Waals surface area (Å²) in [6.07, 6.45) is 6.88. The molecule has 4 rings (SSSR count). The van der Waals surface area contributed by atoms with Crippen molar-refractivity contribution in [1.82, 2.24) is 0 Å². The fourth-order valence-electron chi connectivity index (χ4n) is 4.17. The first-order valence-corrected chi connectivity index (χ1v) is 9.00. The van der Waals surface area contributed by atoms with E-state index >= 15 is 0 Å². The molecule has 2 aromatic rings. The Labute approximate surface area is 147 Å². The number of halogens is 2. The van der Waals surface area contributed by atoms with Crippen molar-refractivity contribution in [2.24, 2.45) is 10.4 Å². The average molecular weight is 340 g/mol. The number of amidine groups is 1. The Morgan fingerprint density at radius 2 is 1.80 bits per heavy atom. The SMILES string of the molecule is Fc1ccc(CN=C2Nc3ccccc3CC23CCCCC3)c(F)c1. The summed E-state index contributed by atoms with van der Waals surface area (Å²) in [6.45, 7) is 0.234. The fraction of sp³-hybridized carbons (Fsp3) is 0.381. The van der Waals surface area contributed by atoms with Crippen molar-refractivity contribution in [2.45, 2.75) is 45.1 Å². The second-order valence-corrected chi connectivity index (χ2v) is 7.20. The van der Waals surface area contributed by atoms with Crippen LogP contribution in [0.2, 0.25) is 0 Å². The van der Waals surface area contributed by atoms with E-state index in [0.717, 1.165) is 36.9 Å². The lowest BCUT2D eigenvalue weighted by atomic mass is 9.67. The minimum atomic E-state index is -0.553. The Kier molecular flexibility index (Phi) is 4.28. The third kappa shape index (κ3) is 3.17. The minimum absolute atomic E-state index is 0.0309. The Hall–Kier alpha value is -2.23. The lowest BCUT2D eigenvalue weighted by Gasteiger charge is -2.42. The molecule has 130 valence electrons. The molecule has 0 bridgehead atoms. The van der Waals surface area contributed by atoms with Gasteiger partial charge in [-0.15, -0.1) is 0 Å². The van der Waals surface area contributed by atoms with E-state index in [1.165, 1.54) is 37.0 Å². The standard InChI is InChI=1S/C21H22F2N2/c22-17-9-8-16(18(23)12-17)14-24-20-21(10-4-1-5-11-21)13-15-6-2-3-7-19(15)25-20/h2-3,6-9,12H,1,4-5,10-11,13-14H2,(H,24,25). The third-order valence-electron chi connectivity index (χ3n) is 5.53. The summed E-state index contributed by atoms with van der Waals surface area (Å²) >= 11 is 0. The van der Waals surface area contributed by atoms with E-state index in [4.69, 9.17) is 4.99 Å². The van der Waals surface area contributed by atoms with Crippen LogP contribution in [0.15, 0.2) is 47.5 Å². The van der Waals surface area contributed by atoms with Gasteiger partial charge in [0.15, 0.2) is 0 Å². The number of rotatable bonds is 2. The van der Waals surface area contributed by atoms with Crippen LogP contribution in [0.1, 0.15) is 43.2 Å². The minimum Gasteiger partial charge on any atom is -0.343 e. The smallest absolute Gasteiger partial charge is 0.131 e. The highest BCUT2D eigenvalue weighted by Crippen LogP contribution is 2.45. The molecule has 0 aromatic heterocycles. The van der Waals surface area contributed by atoms with Gasteiger partial charge in [0, 0.05) is 22.7 Å². The van der Waals surface area contributed by atoms with Crippen LogP contribution in [0.25, 0.3) is 0 Å². The topological polar surface area (TPSA) is 24.4 Å². The van der Waals surface area contributed by atoms with Crippen molar-refractivity contribution in [3.8, 4) is 0 Å². The van der Waals surface area contributed by atoms with Crippen LogP contribution in [0, 0.1) is 17.0 Å². The lowest BCUT2D eigenvalue weighted by Crippen LogP contribution is -2.43. The summed E-state index contributed by atoms with van der Waals surface area (Å²) in [5.41, 5.74) is 2.89. The molecule has 1 saturated carbocycles. The zero-order valence-electron chi connectivity index (χ0n) is 14.2. The van der Waals surface area contributed by atoms with Gasteiger partial charge in [0.25, 0.3) is 0 Å². The highest BCUT2D eigenvalue weighted by Gasteiger charge is 2.40. The number of nitrogens with one attached hydrogen (secondary N) is 1. The number of anilines is 1. The summed E-state index contributed by atoms with van der Waals surface area (Å²) in [5, 5.41) is 3.51. The maximum atomic E-state index is 13.9. The summed E-state index contributed by atoms with van der Waals surface area (Å²) in [6, 6.07) is 12.0. The molecule has 1 aliphatic carbocycles. The molecule has 0 atom stereocenters. The molecule has 25 heavy (non-hydrogen) atoms. The normalized spacial score (nSPS) is 20.3. The molecule has 2 aromatic carbocycles.